The molecule has 1 fully saturated rings. The Labute approximate surface area is 126 Å². The molecule has 0 aliphatic carbocycles. The van der Waals surface area contributed by atoms with E-state index in [9.17, 15) is 9.90 Å². The summed E-state index contributed by atoms with van der Waals surface area (Å²) in [4.78, 5) is 16.7. The minimum atomic E-state index is -0.159. The number of rotatable bonds is 4. The molecule has 1 amide bonds. The molecule has 21 heavy (non-hydrogen) atoms. The van der Waals surface area contributed by atoms with Crippen molar-refractivity contribution in [3.8, 4) is 5.75 Å². The van der Waals surface area contributed by atoms with E-state index in [1.54, 1.807) is 23.1 Å². The lowest BCUT2D eigenvalue weighted by atomic mass is 10.0. The van der Waals surface area contributed by atoms with Crippen LogP contribution in [0, 0.1) is 0 Å². The van der Waals surface area contributed by atoms with E-state index in [-0.39, 0.29) is 28.9 Å². The fraction of sp³-hybridized carbons (Fsp3) is 0.562. The van der Waals surface area contributed by atoms with E-state index in [1.165, 1.54) is 0 Å². The van der Waals surface area contributed by atoms with Gasteiger partial charge in [0.2, 0.25) is 0 Å². The van der Waals surface area contributed by atoms with Gasteiger partial charge < -0.3 is 20.6 Å². The van der Waals surface area contributed by atoms with Gasteiger partial charge in [-0.05, 0) is 37.9 Å². The number of carbonyl (C=O) groups is 1. The second kappa shape index (κ2) is 6.80. The van der Waals surface area contributed by atoms with Crippen LogP contribution in [0.1, 0.15) is 36.5 Å². The lowest BCUT2D eigenvalue weighted by Gasteiger charge is -2.36. The average molecular weight is 291 g/mol. The molecule has 5 nitrogen and oxygen atoms in total. The molecule has 1 heterocycles. The maximum atomic E-state index is 12.5. The van der Waals surface area contributed by atoms with E-state index < -0.39 is 0 Å². The second-order valence-corrected chi connectivity index (χ2v) is 5.73. The van der Waals surface area contributed by atoms with Gasteiger partial charge in [0, 0.05) is 26.2 Å². The molecule has 0 radical (unpaired) electrons. The van der Waals surface area contributed by atoms with Gasteiger partial charge in [-0.25, -0.2) is 0 Å². The molecule has 5 heteroatoms. The molecule has 3 N–H and O–H groups in total. The summed E-state index contributed by atoms with van der Waals surface area (Å²) >= 11 is 0. The number of anilines is 1. The summed E-state index contributed by atoms with van der Waals surface area (Å²) < 4.78 is 0. The Bertz CT molecular complexity index is 496. The zero-order valence-electron chi connectivity index (χ0n) is 12.9. The van der Waals surface area contributed by atoms with Crippen molar-refractivity contribution in [1.29, 1.82) is 0 Å². The van der Waals surface area contributed by atoms with Crippen LogP contribution >= 0.6 is 0 Å². The highest BCUT2D eigenvalue weighted by atomic mass is 16.3. The van der Waals surface area contributed by atoms with E-state index in [4.69, 9.17) is 5.73 Å². The fourth-order valence-electron chi connectivity index (χ4n) is 2.94. The number of hydrogen-bond donors (Lipinski definition) is 2. The topological polar surface area (TPSA) is 69.8 Å². The van der Waals surface area contributed by atoms with Crippen LogP contribution in [0.4, 0.5) is 5.69 Å². The molecule has 0 spiro atoms. The summed E-state index contributed by atoms with van der Waals surface area (Å²) in [7, 11) is 1.81. The second-order valence-electron chi connectivity index (χ2n) is 5.73. The van der Waals surface area contributed by atoms with E-state index in [0.717, 1.165) is 38.9 Å². The van der Waals surface area contributed by atoms with Crippen molar-refractivity contribution in [2.24, 2.45) is 0 Å². The van der Waals surface area contributed by atoms with Gasteiger partial charge in [0.15, 0.2) is 5.75 Å². The van der Waals surface area contributed by atoms with Gasteiger partial charge in [0.05, 0.1) is 11.3 Å². The fourth-order valence-corrected chi connectivity index (χ4v) is 2.94. The van der Waals surface area contributed by atoms with Gasteiger partial charge in [0.1, 0.15) is 0 Å². The molecule has 2 rings (SSSR count). The molecule has 0 unspecified atom stereocenters. The Balaban J connectivity index is 2.02. The minimum absolute atomic E-state index is 0.113. The first-order valence-corrected chi connectivity index (χ1v) is 7.61. The number of likely N-dealkylation sites (tertiary alicyclic amines) is 1. The minimum Gasteiger partial charge on any atom is -0.505 e. The van der Waals surface area contributed by atoms with Crippen LogP contribution in [-0.4, -0.2) is 53.5 Å². The number of para-hydroxylation sites is 1. The van der Waals surface area contributed by atoms with Crippen molar-refractivity contribution < 1.29 is 9.90 Å². The first-order valence-electron chi connectivity index (χ1n) is 7.61. The third-order valence-electron chi connectivity index (χ3n) is 4.26. The normalized spacial score (nSPS) is 16.9. The quantitative estimate of drug-likeness (QED) is 0.657. The maximum absolute atomic E-state index is 12.5. The lowest BCUT2D eigenvalue weighted by Crippen LogP contribution is -2.45. The molecule has 0 saturated carbocycles. The zero-order chi connectivity index (χ0) is 15.4. The van der Waals surface area contributed by atoms with Crippen molar-refractivity contribution in [3.05, 3.63) is 23.8 Å². The van der Waals surface area contributed by atoms with Gasteiger partial charge in [-0.2, -0.15) is 0 Å². The summed E-state index contributed by atoms with van der Waals surface area (Å²) in [6.45, 7) is 5.36. The largest absolute Gasteiger partial charge is 0.505 e. The van der Waals surface area contributed by atoms with Crippen LogP contribution in [0.5, 0.6) is 5.75 Å². The standard InChI is InChI=1S/C16H25N3O2/c1-3-9-19-10-7-12(8-11-19)18(2)16(21)13-5-4-6-14(17)15(13)20/h4-6,12,20H,3,7-11,17H2,1-2H3. The number of aromatic hydroxyl groups is 1. The van der Waals surface area contributed by atoms with Crippen molar-refractivity contribution in [2.75, 3.05) is 32.4 Å². The molecule has 0 atom stereocenters. The molecule has 1 aromatic carbocycles. The van der Waals surface area contributed by atoms with Crippen LogP contribution in [0.25, 0.3) is 0 Å². The molecule has 116 valence electrons. The van der Waals surface area contributed by atoms with Crippen LogP contribution in [-0.2, 0) is 0 Å². The van der Waals surface area contributed by atoms with Crippen molar-refractivity contribution in [2.45, 2.75) is 32.2 Å². The average Bonchev–Trinajstić information content (AvgIpc) is 2.50. The highest BCUT2D eigenvalue weighted by molar-refractivity contribution is 5.98. The molecule has 1 aliphatic rings. The third-order valence-corrected chi connectivity index (χ3v) is 4.26. The van der Waals surface area contributed by atoms with Crippen molar-refractivity contribution in [1.82, 2.24) is 9.80 Å². The van der Waals surface area contributed by atoms with Gasteiger partial charge in [-0.3, -0.25) is 4.79 Å². The van der Waals surface area contributed by atoms with Gasteiger partial charge in [0.25, 0.3) is 5.91 Å². The van der Waals surface area contributed by atoms with Crippen LogP contribution in [0.15, 0.2) is 18.2 Å². The predicted octanol–water partition coefficient (Wildman–Crippen LogP) is 1.92. The summed E-state index contributed by atoms with van der Waals surface area (Å²) in [5.41, 5.74) is 6.19. The van der Waals surface area contributed by atoms with Gasteiger partial charge >= 0.3 is 0 Å². The summed E-state index contributed by atoms with van der Waals surface area (Å²) in [6.07, 6.45) is 3.12. The first-order chi connectivity index (χ1) is 10.0. The number of phenols is 1. The first kappa shape index (κ1) is 15.6. The lowest BCUT2D eigenvalue weighted by molar-refractivity contribution is 0.0640. The van der Waals surface area contributed by atoms with E-state index in [2.05, 4.69) is 11.8 Å². The molecule has 1 aliphatic heterocycles. The van der Waals surface area contributed by atoms with E-state index in [1.807, 2.05) is 7.05 Å². The Morgan fingerprint density at radius 3 is 2.71 bits per heavy atom. The van der Waals surface area contributed by atoms with Crippen LogP contribution in [0.3, 0.4) is 0 Å². The molecule has 1 saturated heterocycles. The van der Waals surface area contributed by atoms with Crippen LogP contribution in [0.2, 0.25) is 0 Å². The van der Waals surface area contributed by atoms with Gasteiger partial charge in [-0.15, -0.1) is 0 Å². The highest BCUT2D eigenvalue weighted by Crippen LogP contribution is 2.27. The highest BCUT2D eigenvalue weighted by Gasteiger charge is 2.27. The predicted molar refractivity (Wildman–Crippen MR) is 84.4 cm³/mol. The summed E-state index contributed by atoms with van der Waals surface area (Å²) in [5, 5.41) is 9.95. The number of phenolic OH excluding ortho intramolecular Hbond substituents is 1. The molecule has 1 aromatic rings. The monoisotopic (exact) mass is 291 g/mol. The Kier molecular flexibility index (Phi) is 5.07. The number of hydrogen-bond acceptors (Lipinski definition) is 4. The van der Waals surface area contributed by atoms with E-state index in [0.29, 0.717) is 0 Å². The Hall–Kier alpha value is -1.75. The van der Waals surface area contributed by atoms with Crippen molar-refractivity contribution in [3.63, 3.8) is 0 Å². The molecular weight excluding hydrogens is 266 g/mol. The maximum Gasteiger partial charge on any atom is 0.257 e. The van der Waals surface area contributed by atoms with Crippen molar-refractivity contribution >= 4 is 11.6 Å². The number of nitrogens with zero attached hydrogens (tertiary/aromatic N) is 2. The number of amides is 1. The number of piperidine rings is 1. The molecule has 0 bridgehead atoms. The number of carbonyl (C=O) groups excluding carboxylic acids is 1. The van der Waals surface area contributed by atoms with Gasteiger partial charge in [-0.1, -0.05) is 13.0 Å². The number of nitrogen functional groups attached to an aromatic ring is 1. The Morgan fingerprint density at radius 1 is 1.43 bits per heavy atom. The third kappa shape index (κ3) is 3.47. The number of nitrogens with two attached hydrogens (primary N) is 1. The van der Waals surface area contributed by atoms with Crippen LogP contribution < -0.4 is 5.73 Å². The SMILES string of the molecule is CCCN1CCC(N(C)C(=O)c2cccc(N)c2O)CC1. The smallest absolute Gasteiger partial charge is 0.257 e. The molecule has 0 aromatic heterocycles. The summed E-state index contributed by atoms with van der Waals surface area (Å²) in [6, 6.07) is 5.14. The van der Waals surface area contributed by atoms with E-state index >= 15 is 0 Å². The molecular formula is C16H25N3O2. The summed E-state index contributed by atoms with van der Waals surface area (Å²) in [5.74, 6) is -0.272. The number of benzene rings is 1. The zero-order valence-corrected chi connectivity index (χ0v) is 12.9. The Morgan fingerprint density at radius 2 is 2.10 bits per heavy atom.